The standard InChI is InChI=1S/C16H30O4/c1-13(2)4-6-15(11-18)7-5-14(3,19)16(20,8-9-17)12(15)10-13/h12,17-20H,4-11H2,1-3H3/t12-,14+,15-,16+/m1/s1. The molecule has 4 N–H and O–H groups in total. The van der Waals surface area contributed by atoms with Gasteiger partial charge in [0.1, 0.15) is 0 Å². The van der Waals surface area contributed by atoms with Gasteiger partial charge in [0.05, 0.1) is 11.2 Å². The van der Waals surface area contributed by atoms with Crippen LogP contribution < -0.4 is 0 Å². The van der Waals surface area contributed by atoms with Crippen LogP contribution in [0.2, 0.25) is 0 Å². The number of aliphatic hydroxyl groups excluding tert-OH is 2. The maximum Gasteiger partial charge on any atom is 0.0986 e. The van der Waals surface area contributed by atoms with Gasteiger partial charge in [-0.2, -0.15) is 0 Å². The molecule has 0 unspecified atom stereocenters. The van der Waals surface area contributed by atoms with Crippen molar-refractivity contribution in [2.75, 3.05) is 13.2 Å². The molecular weight excluding hydrogens is 256 g/mol. The van der Waals surface area contributed by atoms with E-state index in [4.69, 9.17) is 0 Å². The first kappa shape index (κ1) is 16.2. The highest BCUT2D eigenvalue weighted by Crippen LogP contribution is 2.61. The first-order chi connectivity index (χ1) is 9.12. The van der Waals surface area contributed by atoms with E-state index in [1.54, 1.807) is 6.92 Å². The fraction of sp³-hybridized carbons (Fsp3) is 1.00. The Bertz CT molecular complexity index is 361. The summed E-state index contributed by atoms with van der Waals surface area (Å²) in [6.45, 7) is 5.93. The summed E-state index contributed by atoms with van der Waals surface area (Å²) in [5.74, 6) is -0.167. The Morgan fingerprint density at radius 1 is 0.950 bits per heavy atom. The summed E-state index contributed by atoms with van der Waals surface area (Å²) in [5, 5.41) is 41.2. The zero-order valence-corrected chi connectivity index (χ0v) is 13.0. The van der Waals surface area contributed by atoms with Crippen molar-refractivity contribution in [1.29, 1.82) is 0 Å². The Balaban J connectivity index is 2.44. The number of hydrogen-bond acceptors (Lipinski definition) is 4. The molecule has 4 heteroatoms. The summed E-state index contributed by atoms with van der Waals surface area (Å²) >= 11 is 0. The molecule has 4 atom stereocenters. The molecule has 0 saturated heterocycles. The van der Waals surface area contributed by atoms with E-state index in [9.17, 15) is 20.4 Å². The number of fused-ring (bicyclic) bond motifs is 1. The third-order valence-corrected chi connectivity index (χ3v) is 6.22. The highest BCUT2D eigenvalue weighted by molar-refractivity contribution is 5.14. The third-order valence-electron chi connectivity index (χ3n) is 6.22. The molecule has 4 nitrogen and oxygen atoms in total. The summed E-state index contributed by atoms with van der Waals surface area (Å²) in [6.07, 6.45) is 4.07. The van der Waals surface area contributed by atoms with E-state index in [-0.39, 0.29) is 36.4 Å². The maximum absolute atomic E-state index is 11.2. The normalized spacial score (nSPS) is 47.9. The molecule has 0 aromatic carbocycles. The number of aliphatic hydroxyl groups is 4. The van der Waals surface area contributed by atoms with E-state index in [0.717, 1.165) is 25.7 Å². The van der Waals surface area contributed by atoms with Crippen LogP contribution in [0.1, 0.15) is 59.3 Å². The Hall–Kier alpha value is -0.160. The van der Waals surface area contributed by atoms with Crippen LogP contribution in [0, 0.1) is 16.7 Å². The quantitative estimate of drug-likeness (QED) is 0.633. The van der Waals surface area contributed by atoms with Crippen LogP contribution in [0.4, 0.5) is 0 Å². The van der Waals surface area contributed by atoms with E-state index in [2.05, 4.69) is 13.8 Å². The van der Waals surface area contributed by atoms with Gasteiger partial charge < -0.3 is 20.4 Å². The molecule has 0 spiro atoms. The van der Waals surface area contributed by atoms with Crippen molar-refractivity contribution in [3.63, 3.8) is 0 Å². The van der Waals surface area contributed by atoms with E-state index in [0.29, 0.717) is 6.42 Å². The number of hydrogen-bond donors (Lipinski definition) is 4. The average molecular weight is 286 g/mol. The lowest BCUT2D eigenvalue weighted by atomic mass is 9.46. The van der Waals surface area contributed by atoms with Gasteiger partial charge in [0.2, 0.25) is 0 Å². The van der Waals surface area contributed by atoms with Gasteiger partial charge in [-0.15, -0.1) is 0 Å². The summed E-state index contributed by atoms with van der Waals surface area (Å²) in [6, 6.07) is 0. The second-order valence-electron chi connectivity index (χ2n) is 8.11. The molecule has 0 aliphatic heterocycles. The highest BCUT2D eigenvalue weighted by atomic mass is 16.4. The largest absolute Gasteiger partial charge is 0.396 e. The second kappa shape index (κ2) is 4.94. The first-order valence-electron chi connectivity index (χ1n) is 7.79. The molecule has 2 fully saturated rings. The van der Waals surface area contributed by atoms with Crippen molar-refractivity contribution in [1.82, 2.24) is 0 Å². The van der Waals surface area contributed by atoms with Crippen molar-refractivity contribution in [2.45, 2.75) is 70.5 Å². The lowest BCUT2D eigenvalue weighted by Gasteiger charge is -2.62. The van der Waals surface area contributed by atoms with Crippen LogP contribution in [0.15, 0.2) is 0 Å². The third kappa shape index (κ3) is 2.31. The minimum Gasteiger partial charge on any atom is -0.396 e. The van der Waals surface area contributed by atoms with E-state index < -0.39 is 11.2 Å². The van der Waals surface area contributed by atoms with Crippen LogP contribution in [-0.4, -0.2) is 44.8 Å². The minimum absolute atomic E-state index is 0.0531. The Morgan fingerprint density at radius 3 is 2.10 bits per heavy atom. The first-order valence-corrected chi connectivity index (χ1v) is 7.79. The van der Waals surface area contributed by atoms with Crippen LogP contribution in [-0.2, 0) is 0 Å². The molecule has 0 radical (unpaired) electrons. The molecule has 2 saturated carbocycles. The topological polar surface area (TPSA) is 80.9 Å². The van der Waals surface area contributed by atoms with Crippen molar-refractivity contribution >= 4 is 0 Å². The Labute approximate surface area is 121 Å². The molecule has 20 heavy (non-hydrogen) atoms. The van der Waals surface area contributed by atoms with Crippen LogP contribution in [0.5, 0.6) is 0 Å². The van der Waals surface area contributed by atoms with Crippen molar-refractivity contribution in [3.05, 3.63) is 0 Å². The zero-order valence-electron chi connectivity index (χ0n) is 13.0. The maximum atomic E-state index is 11.2. The van der Waals surface area contributed by atoms with Gasteiger partial charge in [-0.3, -0.25) is 0 Å². The van der Waals surface area contributed by atoms with E-state index in [1.165, 1.54) is 0 Å². The zero-order chi connectivity index (χ0) is 15.2. The second-order valence-corrected chi connectivity index (χ2v) is 8.11. The van der Waals surface area contributed by atoms with Crippen LogP contribution >= 0.6 is 0 Å². The lowest BCUT2D eigenvalue weighted by Crippen LogP contribution is -2.67. The monoisotopic (exact) mass is 286 g/mol. The van der Waals surface area contributed by atoms with Crippen molar-refractivity contribution in [2.24, 2.45) is 16.7 Å². The Morgan fingerprint density at radius 2 is 1.55 bits per heavy atom. The molecule has 2 aliphatic carbocycles. The fourth-order valence-electron chi connectivity index (χ4n) is 4.57. The molecule has 2 rings (SSSR count). The van der Waals surface area contributed by atoms with Gasteiger partial charge in [0, 0.05) is 19.6 Å². The van der Waals surface area contributed by atoms with Crippen molar-refractivity contribution in [3.8, 4) is 0 Å². The molecule has 2 aliphatic rings. The average Bonchev–Trinajstić information content (AvgIpc) is 2.36. The summed E-state index contributed by atoms with van der Waals surface area (Å²) in [4.78, 5) is 0. The predicted molar refractivity (Wildman–Crippen MR) is 77.2 cm³/mol. The summed E-state index contributed by atoms with van der Waals surface area (Å²) in [7, 11) is 0. The SMILES string of the molecule is CC1(C)CC[C@]2(CO)CC[C@](C)(O)[C@](O)(CCO)[C@@H]2C1. The van der Waals surface area contributed by atoms with Gasteiger partial charge in [-0.1, -0.05) is 13.8 Å². The summed E-state index contributed by atoms with van der Waals surface area (Å²) < 4.78 is 0. The predicted octanol–water partition coefficient (Wildman–Crippen LogP) is 1.45. The van der Waals surface area contributed by atoms with Gasteiger partial charge in [0.15, 0.2) is 0 Å². The molecule has 0 aromatic heterocycles. The van der Waals surface area contributed by atoms with E-state index in [1.807, 2.05) is 0 Å². The van der Waals surface area contributed by atoms with Crippen LogP contribution in [0.25, 0.3) is 0 Å². The van der Waals surface area contributed by atoms with Crippen LogP contribution in [0.3, 0.4) is 0 Å². The Kier molecular flexibility index (Phi) is 4.00. The fourth-order valence-corrected chi connectivity index (χ4v) is 4.57. The van der Waals surface area contributed by atoms with E-state index >= 15 is 0 Å². The van der Waals surface area contributed by atoms with Crippen molar-refractivity contribution < 1.29 is 20.4 Å². The molecule has 118 valence electrons. The van der Waals surface area contributed by atoms with Gasteiger partial charge in [-0.25, -0.2) is 0 Å². The van der Waals surface area contributed by atoms with Gasteiger partial charge >= 0.3 is 0 Å². The lowest BCUT2D eigenvalue weighted by molar-refractivity contribution is -0.259. The van der Waals surface area contributed by atoms with Gasteiger partial charge in [0.25, 0.3) is 0 Å². The molecule has 0 aromatic rings. The highest BCUT2D eigenvalue weighted by Gasteiger charge is 2.63. The smallest absolute Gasteiger partial charge is 0.0986 e. The minimum atomic E-state index is -1.32. The van der Waals surface area contributed by atoms with Gasteiger partial charge in [-0.05, 0) is 55.8 Å². The molecule has 0 amide bonds. The summed E-state index contributed by atoms with van der Waals surface area (Å²) in [5.41, 5.74) is -2.73. The molecule has 0 bridgehead atoms. The number of rotatable bonds is 3. The molecular formula is C16H30O4. The molecule has 0 heterocycles.